The first kappa shape index (κ1) is 17.0. The van der Waals surface area contributed by atoms with Crippen LogP contribution >= 0.6 is 0 Å². The summed E-state index contributed by atoms with van der Waals surface area (Å²) in [6.07, 6.45) is 6.33. The summed E-state index contributed by atoms with van der Waals surface area (Å²) in [5, 5.41) is 2.67. The molecule has 1 aliphatic rings. The van der Waals surface area contributed by atoms with E-state index in [-0.39, 0.29) is 12.1 Å². The molecule has 1 saturated heterocycles. The SMILES string of the molecule is O=C(/C=C/c1cc(F)ccc1F)NCc1ccnc(N2CCCC2)n1. The molecule has 1 aliphatic heterocycles. The summed E-state index contributed by atoms with van der Waals surface area (Å²) in [4.78, 5) is 22.7. The van der Waals surface area contributed by atoms with Crippen LogP contribution in [0.25, 0.3) is 6.08 Å². The second-order valence-corrected chi connectivity index (χ2v) is 5.76. The summed E-state index contributed by atoms with van der Waals surface area (Å²) in [5.74, 6) is -0.889. The number of aromatic nitrogens is 2. The van der Waals surface area contributed by atoms with Crippen LogP contribution in [0.1, 0.15) is 24.1 Å². The number of carbonyl (C=O) groups excluding carboxylic acids is 1. The van der Waals surface area contributed by atoms with Crippen molar-refractivity contribution in [2.24, 2.45) is 0 Å². The molecule has 1 fully saturated rings. The maximum absolute atomic E-state index is 13.5. The van der Waals surface area contributed by atoms with E-state index < -0.39 is 17.5 Å². The van der Waals surface area contributed by atoms with E-state index in [0.717, 1.165) is 44.1 Å². The monoisotopic (exact) mass is 344 g/mol. The van der Waals surface area contributed by atoms with Gasteiger partial charge in [-0.25, -0.2) is 18.7 Å². The second kappa shape index (κ2) is 7.83. The van der Waals surface area contributed by atoms with Gasteiger partial charge in [0.25, 0.3) is 0 Å². The first-order valence-corrected chi connectivity index (χ1v) is 8.10. The lowest BCUT2D eigenvalue weighted by Gasteiger charge is -2.15. The molecule has 0 radical (unpaired) electrons. The lowest BCUT2D eigenvalue weighted by atomic mass is 10.2. The van der Waals surface area contributed by atoms with Gasteiger partial charge in [0.2, 0.25) is 11.9 Å². The third-order valence-electron chi connectivity index (χ3n) is 3.91. The fourth-order valence-electron chi connectivity index (χ4n) is 2.60. The number of amides is 1. The van der Waals surface area contributed by atoms with Crippen LogP contribution in [0.5, 0.6) is 0 Å². The molecule has 1 aromatic heterocycles. The van der Waals surface area contributed by atoms with Gasteiger partial charge in [-0.1, -0.05) is 0 Å². The van der Waals surface area contributed by atoms with Gasteiger partial charge in [0, 0.05) is 30.9 Å². The molecule has 0 spiro atoms. The van der Waals surface area contributed by atoms with Crippen LogP contribution in [0.4, 0.5) is 14.7 Å². The molecule has 7 heteroatoms. The summed E-state index contributed by atoms with van der Waals surface area (Å²) < 4.78 is 26.6. The Labute approximate surface area is 144 Å². The lowest BCUT2D eigenvalue weighted by molar-refractivity contribution is -0.116. The van der Waals surface area contributed by atoms with E-state index in [9.17, 15) is 13.6 Å². The Balaban J connectivity index is 1.58. The van der Waals surface area contributed by atoms with Crippen molar-refractivity contribution in [3.8, 4) is 0 Å². The Morgan fingerprint density at radius 1 is 1.24 bits per heavy atom. The average Bonchev–Trinajstić information content (AvgIpc) is 3.16. The highest BCUT2D eigenvalue weighted by molar-refractivity contribution is 5.91. The molecule has 2 aromatic rings. The van der Waals surface area contributed by atoms with Crippen LogP contribution in [0.2, 0.25) is 0 Å². The maximum Gasteiger partial charge on any atom is 0.244 e. The molecule has 25 heavy (non-hydrogen) atoms. The molecule has 2 heterocycles. The highest BCUT2D eigenvalue weighted by Gasteiger charge is 2.14. The fraction of sp³-hybridized carbons (Fsp3) is 0.278. The molecule has 3 rings (SSSR count). The lowest BCUT2D eigenvalue weighted by Crippen LogP contribution is -2.23. The number of rotatable bonds is 5. The van der Waals surface area contributed by atoms with Gasteiger partial charge in [0.15, 0.2) is 0 Å². The van der Waals surface area contributed by atoms with E-state index in [1.807, 2.05) is 0 Å². The van der Waals surface area contributed by atoms with Gasteiger partial charge in [-0.2, -0.15) is 0 Å². The minimum atomic E-state index is -0.587. The second-order valence-electron chi connectivity index (χ2n) is 5.76. The number of hydrogen-bond acceptors (Lipinski definition) is 4. The van der Waals surface area contributed by atoms with E-state index >= 15 is 0 Å². The van der Waals surface area contributed by atoms with Crippen LogP contribution < -0.4 is 10.2 Å². The zero-order valence-corrected chi connectivity index (χ0v) is 13.6. The van der Waals surface area contributed by atoms with E-state index in [1.54, 1.807) is 12.3 Å². The number of hydrogen-bond donors (Lipinski definition) is 1. The van der Waals surface area contributed by atoms with Crippen LogP contribution in [0, 0.1) is 11.6 Å². The summed E-state index contributed by atoms with van der Waals surface area (Å²) in [6, 6.07) is 4.81. The Bertz CT molecular complexity index is 788. The largest absolute Gasteiger partial charge is 0.347 e. The van der Waals surface area contributed by atoms with Crippen molar-refractivity contribution < 1.29 is 13.6 Å². The summed E-state index contributed by atoms with van der Waals surface area (Å²) in [5.41, 5.74) is 0.712. The van der Waals surface area contributed by atoms with Gasteiger partial charge < -0.3 is 10.2 Å². The number of nitrogens with zero attached hydrogens (tertiary/aromatic N) is 3. The topological polar surface area (TPSA) is 58.1 Å². The minimum absolute atomic E-state index is 0.0218. The molecule has 0 unspecified atom stereocenters. The molecule has 0 bridgehead atoms. The molecule has 5 nitrogen and oxygen atoms in total. The first-order chi connectivity index (χ1) is 12.1. The predicted octanol–water partition coefficient (Wildman–Crippen LogP) is 2.68. The fourth-order valence-corrected chi connectivity index (χ4v) is 2.60. The average molecular weight is 344 g/mol. The van der Waals surface area contributed by atoms with E-state index in [0.29, 0.717) is 11.6 Å². The van der Waals surface area contributed by atoms with Gasteiger partial charge in [0.05, 0.1) is 12.2 Å². The number of benzene rings is 1. The van der Waals surface area contributed by atoms with Gasteiger partial charge in [-0.05, 0) is 43.2 Å². The quantitative estimate of drug-likeness (QED) is 0.848. The summed E-state index contributed by atoms with van der Waals surface area (Å²) in [6.45, 7) is 2.12. The smallest absolute Gasteiger partial charge is 0.244 e. The maximum atomic E-state index is 13.5. The van der Waals surface area contributed by atoms with Crippen molar-refractivity contribution >= 4 is 17.9 Å². The molecule has 130 valence electrons. The van der Waals surface area contributed by atoms with Crippen molar-refractivity contribution in [1.82, 2.24) is 15.3 Å². The Morgan fingerprint density at radius 3 is 2.84 bits per heavy atom. The number of nitrogens with one attached hydrogen (secondary N) is 1. The number of halogens is 2. The van der Waals surface area contributed by atoms with Crippen LogP contribution in [-0.4, -0.2) is 29.0 Å². The normalized spacial score (nSPS) is 14.2. The highest BCUT2D eigenvalue weighted by atomic mass is 19.1. The van der Waals surface area contributed by atoms with Gasteiger partial charge in [0.1, 0.15) is 11.6 Å². The molecule has 0 saturated carbocycles. The minimum Gasteiger partial charge on any atom is -0.347 e. The molecule has 1 N–H and O–H groups in total. The van der Waals surface area contributed by atoms with E-state index in [4.69, 9.17) is 0 Å². The summed E-state index contributed by atoms with van der Waals surface area (Å²) >= 11 is 0. The van der Waals surface area contributed by atoms with Gasteiger partial charge in [-0.3, -0.25) is 4.79 Å². The zero-order chi connectivity index (χ0) is 17.6. The standard InChI is InChI=1S/C18H18F2N4O/c19-14-4-5-16(20)13(11-14)3-6-17(25)22-12-15-7-8-21-18(23-15)24-9-1-2-10-24/h3-8,11H,1-2,9-10,12H2,(H,22,25)/b6-3+. The van der Waals surface area contributed by atoms with Crippen molar-refractivity contribution in [2.75, 3.05) is 18.0 Å². The Hall–Kier alpha value is -2.83. The Morgan fingerprint density at radius 2 is 2.04 bits per heavy atom. The van der Waals surface area contributed by atoms with Crippen molar-refractivity contribution in [2.45, 2.75) is 19.4 Å². The van der Waals surface area contributed by atoms with Crippen molar-refractivity contribution in [1.29, 1.82) is 0 Å². The predicted molar refractivity (Wildman–Crippen MR) is 90.7 cm³/mol. The van der Waals surface area contributed by atoms with Crippen LogP contribution in [0.15, 0.2) is 36.5 Å². The summed E-state index contributed by atoms with van der Waals surface area (Å²) in [7, 11) is 0. The van der Waals surface area contributed by atoms with Crippen molar-refractivity contribution in [3.63, 3.8) is 0 Å². The van der Waals surface area contributed by atoms with E-state index in [1.165, 1.54) is 12.2 Å². The van der Waals surface area contributed by atoms with Gasteiger partial charge in [-0.15, -0.1) is 0 Å². The zero-order valence-electron chi connectivity index (χ0n) is 13.6. The van der Waals surface area contributed by atoms with Crippen LogP contribution in [0.3, 0.4) is 0 Å². The third kappa shape index (κ3) is 4.59. The molecular formula is C18H18F2N4O. The molecular weight excluding hydrogens is 326 g/mol. The first-order valence-electron chi connectivity index (χ1n) is 8.10. The molecule has 0 aliphatic carbocycles. The third-order valence-corrected chi connectivity index (χ3v) is 3.91. The van der Waals surface area contributed by atoms with Gasteiger partial charge >= 0.3 is 0 Å². The highest BCUT2D eigenvalue weighted by Crippen LogP contribution is 2.15. The molecule has 0 atom stereocenters. The van der Waals surface area contributed by atoms with Crippen molar-refractivity contribution in [3.05, 3.63) is 59.4 Å². The number of anilines is 1. The number of carbonyl (C=O) groups is 1. The molecule has 1 amide bonds. The van der Waals surface area contributed by atoms with Crippen LogP contribution in [-0.2, 0) is 11.3 Å². The molecule has 1 aromatic carbocycles. The Kier molecular flexibility index (Phi) is 5.33. The van der Waals surface area contributed by atoms with E-state index in [2.05, 4.69) is 20.2 Å².